The lowest BCUT2D eigenvalue weighted by Crippen LogP contribution is -2.61. The molecule has 1 amide bonds. The van der Waals surface area contributed by atoms with E-state index in [1.807, 2.05) is 48.5 Å². The average Bonchev–Trinajstić information content (AvgIpc) is 2.97. The highest BCUT2D eigenvalue weighted by Crippen LogP contribution is 2.38. The zero-order valence-electron chi connectivity index (χ0n) is 21.4. The summed E-state index contributed by atoms with van der Waals surface area (Å²) in [6.45, 7) is 0.925. The van der Waals surface area contributed by atoms with Crippen molar-refractivity contribution < 1.29 is 28.4 Å². The third-order valence-corrected chi connectivity index (χ3v) is 8.73. The molecular weight excluding hydrogens is 504 g/mol. The number of aliphatic carboxylic acids is 1. The largest absolute Gasteiger partial charge is 0.496 e. The number of carbonyl (C=O) groups is 2. The minimum atomic E-state index is -1.66. The molecule has 9 heteroatoms. The van der Waals surface area contributed by atoms with Crippen LogP contribution in [0.25, 0.3) is 11.1 Å². The first-order chi connectivity index (χ1) is 18.4. The second-order valence-corrected chi connectivity index (χ2v) is 10.9. The molecule has 0 saturated carbocycles. The Bertz CT molecular complexity index is 1270. The fourth-order valence-electron chi connectivity index (χ4n) is 4.75. The fourth-order valence-corrected chi connectivity index (χ4v) is 6.40. The number of carboxylic acids is 1. The van der Waals surface area contributed by atoms with Crippen LogP contribution >= 0.6 is 0 Å². The van der Waals surface area contributed by atoms with E-state index >= 15 is 0 Å². The topological polar surface area (TPSA) is 114 Å². The molecule has 0 radical (unpaired) electrons. The molecule has 1 aliphatic rings. The van der Waals surface area contributed by atoms with E-state index in [9.17, 15) is 18.9 Å². The molecule has 4 rings (SSSR count). The van der Waals surface area contributed by atoms with Crippen molar-refractivity contribution in [1.29, 1.82) is 0 Å². The summed E-state index contributed by atoms with van der Waals surface area (Å²) in [7, 11) is 1.52. The van der Waals surface area contributed by atoms with Gasteiger partial charge in [0.25, 0.3) is 0 Å². The Labute approximate surface area is 224 Å². The maximum absolute atomic E-state index is 13.6. The fraction of sp³-hybridized carbons (Fsp3) is 0.310. The van der Waals surface area contributed by atoms with E-state index in [4.69, 9.17) is 9.47 Å². The van der Waals surface area contributed by atoms with Crippen LogP contribution < -0.4 is 20.1 Å². The smallest absolute Gasteiger partial charge is 0.326 e. The SMILES string of the molecule is COc1cccc(OC)c1-c1ccc(C[C@H](NC(=O)C2(S(=O)c3ccccc3)CCCNC2)C(=O)O)cc1. The van der Waals surface area contributed by atoms with Gasteiger partial charge in [-0.2, -0.15) is 0 Å². The molecule has 3 aromatic rings. The second-order valence-electron chi connectivity index (χ2n) is 9.16. The predicted molar refractivity (Wildman–Crippen MR) is 146 cm³/mol. The number of rotatable bonds is 10. The van der Waals surface area contributed by atoms with Crippen molar-refractivity contribution in [3.05, 3.63) is 78.4 Å². The van der Waals surface area contributed by atoms with Gasteiger partial charge in [-0.25, -0.2) is 4.79 Å². The van der Waals surface area contributed by atoms with Gasteiger partial charge in [0.1, 0.15) is 22.3 Å². The third kappa shape index (κ3) is 5.74. The van der Waals surface area contributed by atoms with Gasteiger partial charge in [0, 0.05) is 17.9 Å². The minimum absolute atomic E-state index is 0.0753. The van der Waals surface area contributed by atoms with Crippen LogP contribution in [0.4, 0.5) is 0 Å². The van der Waals surface area contributed by atoms with Crippen molar-refractivity contribution >= 4 is 22.7 Å². The number of piperidine rings is 1. The van der Waals surface area contributed by atoms with Crippen LogP contribution in [0.5, 0.6) is 11.5 Å². The molecule has 1 heterocycles. The monoisotopic (exact) mass is 536 g/mol. The lowest BCUT2D eigenvalue weighted by Gasteiger charge is -2.36. The molecule has 0 bridgehead atoms. The van der Waals surface area contributed by atoms with Gasteiger partial charge >= 0.3 is 5.97 Å². The summed E-state index contributed by atoms with van der Waals surface area (Å²) >= 11 is 0. The van der Waals surface area contributed by atoms with E-state index in [0.29, 0.717) is 35.8 Å². The number of hydrogen-bond donors (Lipinski definition) is 3. The van der Waals surface area contributed by atoms with Crippen molar-refractivity contribution in [3.63, 3.8) is 0 Å². The Morgan fingerprint density at radius 2 is 1.66 bits per heavy atom. The lowest BCUT2D eigenvalue weighted by molar-refractivity contribution is -0.142. The van der Waals surface area contributed by atoms with Crippen LogP contribution in [0.3, 0.4) is 0 Å². The highest BCUT2D eigenvalue weighted by Gasteiger charge is 2.47. The molecule has 8 nitrogen and oxygen atoms in total. The molecule has 38 heavy (non-hydrogen) atoms. The summed E-state index contributed by atoms with van der Waals surface area (Å²) in [6.07, 6.45) is 1.14. The quantitative estimate of drug-likeness (QED) is 0.364. The normalized spacial score (nSPS) is 18.7. The summed E-state index contributed by atoms with van der Waals surface area (Å²) in [5, 5.41) is 15.8. The Balaban J connectivity index is 1.55. The molecule has 1 fully saturated rings. The van der Waals surface area contributed by atoms with Crippen LogP contribution in [0.1, 0.15) is 18.4 Å². The Hall–Kier alpha value is -3.69. The van der Waals surface area contributed by atoms with Gasteiger partial charge in [-0.3, -0.25) is 9.00 Å². The maximum Gasteiger partial charge on any atom is 0.326 e. The Kier molecular flexibility index (Phi) is 8.81. The number of amides is 1. The van der Waals surface area contributed by atoms with E-state index in [1.165, 1.54) is 0 Å². The Morgan fingerprint density at radius 3 is 2.21 bits per heavy atom. The van der Waals surface area contributed by atoms with Gasteiger partial charge in [0.05, 0.1) is 30.6 Å². The number of methoxy groups -OCH3 is 2. The summed E-state index contributed by atoms with van der Waals surface area (Å²) in [4.78, 5) is 26.3. The first-order valence-electron chi connectivity index (χ1n) is 12.4. The van der Waals surface area contributed by atoms with Gasteiger partial charge in [0.2, 0.25) is 5.91 Å². The van der Waals surface area contributed by atoms with Gasteiger partial charge in [0.15, 0.2) is 0 Å². The van der Waals surface area contributed by atoms with Crippen LogP contribution in [0, 0.1) is 0 Å². The zero-order valence-corrected chi connectivity index (χ0v) is 22.3. The van der Waals surface area contributed by atoms with Crippen LogP contribution in [0.15, 0.2) is 77.7 Å². The number of ether oxygens (including phenoxy) is 2. The van der Waals surface area contributed by atoms with Crippen molar-refractivity contribution in [2.45, 2.75) is 34.9 Å². The van der Waals surface area contributed by atoms with Crippen LogP contribution in [-0.4, -0.2) is 59.3 Å². The highest BCUT2D eigenvalue weighted by atomic mass is 32.2. The van der Waals surface area contributed by atoms with Crippen molar-refractivity contribution in [2.75, 3.05) is 27.3 Å². The first kappa shape index (κ1) is 27.3. The predicted octanol–water partition coefficient (Wildman–Crippen LogP) is 3.41. The van der Waals surface area contributed by atoms with E-state index in [2.05, 4.69) is 10.6 Å². The number of carbonyl (C=O) groups excluding carboxylic acids is 1. The summed E-state index contributed by atoms with van der Waals surface area (Å²) in [5.41, 5.74) is 2.38. The summed E-state index contributed by atoms with van der Waals surface area (Å²) in [5.74, 6) is -0.357. The molecule has 0 aliphatic carbocycles. The molecular formula is C29H32N2O6S. The van der Waals surface area contributed by atoms with E-state index in [-0.39, 0.29) is 13.0 Å². The van der Waals surface area contributed by atoms with Gasteiger partial charge in [-0.1, -0.05) is 48.5 Å². The van der Waals surface area contributed by atoms with Gasteiger partial charge < -0.3 is 25.2 Å². The minimum Gasteiger partial charge on any atom is -0.496 e. The molecule has 1 aliphatic heterocycles. The standard InChI is InChI=1S/C29H32N2O6S/c1-36-24-10-6-11-25(37-2)26(24)21-14-12-20(13-15-21)18-23(27(32)33)31-28(34)29(16-7-17-30-19-29)38(35)22-8-4-3-5-9-22/h3-6,8-15,23,30H,7,16-19H2,1-2H3,(H,31,34)(H,32,33)/t23-,29?,38?/m0/s1. The third-order valence-electron chi connectivity index (χ3n) is 6.78. The summed E-state index contributed by atoms with van der Waals surface area (Å²) < 4.78 is 23.3. The number of benzene rings is 3. The molecule has 2 unspecified atom stereocenters. The van der Waals surface area contributed by atoms with Crippen molar-refractivity contribution in [2.24, 2.45) is 0 Å². The van der Waals surface area contributed by atoms with Crippen molar-refractivity contribution in [3.8, 4) is 22.6 Å². The van der Waals surface area contributed by atoms with E-state index in [0.717, 1.165) is 16.7 Å². The van der Waals surface area contributed by atoms with Crippen LogP contribution in [0.2, 0.25) is 0 Å². The lowest BCUT2D eigenvalue weighted by atomic mass is 9.96. The van der Waals surface area contributed by atoms with E-state index < -0.39 is 33.5 Å². The average molecular weight is 537 g/mol. The molecule has 3 N–H and O–H groups in total. The van der Waals surface area contributed by atoms with Crippen molar-refractivity contribution in [1.82, 2.24) is 10.6 Å². The van der Waals surface area contributed by atoms with Crippen LogP contribution in [-0.2, 0) is 26.8 Å². The Morgan fingerprint density at radius 1 is 1.00 bits per heavy atom. The number of carboxylic acid groups (broad SMARTS) is 1. The molecule has 1 saturated heterocycles. The number of nitrogens with one attached hydrogen (secondary N) is 2. The first-order valence-corrected chi connectivity index (χ1v) is 13.6. The maximum atomic E-state index is 13.6. The second kappa shape index (κ2) is 12.2. The molecule has 3 aromatic carbocycles. The molecule has 0 aromatic heterocycles. The molecule has 200 valence electrons. The molecule has 3 atom stereocenters. The molecule has 0 spiro atoms. The van der Waals surface area contributed by atoms with Gasteiger partial charge in [-0.15, -0.1) is 0 Å². The summed E-state index contributed by atoms with van der Waals surface area (Å²) in [6, 6.07) is 20.6. The van der Waals surface area contributed by atoms with Gasteiger partial charge in [-0.05, 0) is 54.8 Å². The number of hydrogen-bond acceptors (Lipinski definition) is 6. The highest BCUT2D eigenvalue weighted by molar-refractivity contribution is 7.87. The zero-order chi connectivity index (χ0) is 27.1. The van der Waals surface area contributed by atoms with E-state index in [1.54, 1.807) is 38.5 Å².